The molecule has 0 aromatic heterocycles. The van der Waals surface area contributed by atoms with Crippen molar-refractivity contribution in [2.45, 2.75) is 63.8 Å². The number of hydrogen-bond acceptors (Lipinski definition) is 7. The molecule has 0 radical (unpaired) electrons. The molecule has 2 aromatic carbocycles. The van der Waals surface area contributed by atoms with Gasteiger partial charge in [0.2, 0.25) is 5.91 Å². The van der Waals surface area contributed by atoms with Gasteiger partial charge in [-0.25, -0.2) is 18.0 Å². The lowest BCUT2D eigenvalue weighted by Gasteiger charge is -2.25. The number of nitrogens with two attached hydrogens (primary N) is 1. The van der Waals surface area contributed by atoms with E-state index in [1.54, 1.807) is 20.8 Å². The molecule has 0 bridgehead atoms. The summed E-state index contributed by atoms with van der Waals surface area (Å²) in [5.41, 5.74) is 4.55. The van der Waals surface area contributed by atoms with Gasteiger partial charge in [0.1, 0.15) is 11.9 Å². The second-order valence-electron chi connectivity index (χ2n) is 10.5. The predicted octanol–water partition coefficient (Wildman–Crippen LogP) is 4.60. The molecule has 0 saturated carbocycles. The highest BCUT2D eigenvalue weighted by Gasteiger charge is 2.37. The number of anilines is 1. The van der Waals surface area contributed by atoms with Gasteiger partial charge in [-0.05, 0) is 48.6 Å². The van der Waals surface area contributed by atoms with Gasteiger partial charge in [-0.15, -0.1) is 11.8 Å². The number of nitrogens with zero attached hydrogens (tertiary/aromatic N) is 1. The number of halogens is 6. The molecule has 0 aliphatic carbocycles. The molecule has 1 heterocycles. The van der Waals surface area contributed by atoms with Gasteiger partial charge in [-0.3, -0.25) is 9.59 Å². The van der Waals surface area contributed by atoms with Gasteiger partial charge in [-0.2, -0.15) is 13.2 Å². The number of thioether (sulfide) groups is 1. The van der Waals surface area contributed by atoms with E-state index >= 15 is 0 Å². The Labute approximate surface area is 255 Å². The number of carbonyl (C=O) groups is 3. The molecule has 8 nitrogen and oxygen atoms in total. The zero-order chi connectivity index (χ0) is 32.8. The minimum atomic E-state index is -4.77. The maximum absolute atomic E-state index is 14.0. The third kappa shape index (κ3) is 9.03. The number of benzene rings is 2. The van der Waals surface area contributed by atoms with E-state index in [-0.39, 0.29) is 55.3 Å². The van der Waals surface area contributed by atoms with Crippen molar-refractivity contribution in [1.29, 1.82) is 0 Å². The highest BCUT2D eigenvalue weighted by Crippen LogP contribution is 2.36. The topological polar surface area (TPSA) is 114 Å². The van der Waals surface area contributed by atoms with Crippen LogP contribution in [0.2, 0.25) is 0 Å². The fourth-order valence-corrected chi connectivity index (χ4v) is 5.76. The first-order chi connectivity index (χ1) is 20.6. The van der Waals surface area contributed by atoms with E-state index in [1.165, 1.54) is 17.0 Å². The summed E-state index contributed by atoms with van der Waals surface area (Å²) >= 11 is 1.15. The maximum atomic E-state index is 14.0. The summed E-state index contributed by atoms with van der Waals surface area (Å²) in [4.78, 5) is 39.4. The molecular weight excluding hydrogens is 614 g/mol. The Morgan fingerprint density at radius 1 is 1.09 bits per heavy atom. The van der Waals surface area contributed by atoms with Crippen molar-refractivity contribution in [1.82, 2.24) is 10.2 Å². The van der Waals surface area contributed by atoms with Crippen LogP contribution in [-0.4, -0.2) is 59.0 Å². The number of ether oxygens (including phenoxy) is 1. The van der Waals surface area contributed by atoms with Crippen LogP contribution in [-0.2, 0) is 38.3 Å². The molecule has 3 rings (SSSR count). The van der Waals surface area contributed by atoms with Crippen molar-refractivity contribution in [3.8, 4) is 0 Å². The lowest BCUT2D eigenvalue weighted by molar-refractivity contribution is -0.145. The van der Waals surface area contributed by atoms with Crippen molar-refractivity contribution >= 4 is 35.2 Å². The molecule has 1 aliphatic rings. The first-order valence-corrected chi connectivity index (χ1v) is 14.9. The first kappa shape index (κ1) is 35.0. The van der Waals surface area contributed by atoms with E-state index in [2.05, 4.69) is 10.6 Å². The summed E-state index contributed by atoms with van der Waals surface area (Å²) in [5, 5.41) is 4.22. The van der Waals surface area contributed by atoms with Crippen LogP contribution in [0.5, 0.6) is 0 Å². The number of amides is 2. The molecule has 0 spiro atoms. The molecule has 3 atom stereocenters. The van der Waals surface area contributed by atoms with E-state index in [0.717, 1.165) is 17.8 Å². The number of hydrogen-bond donors (Lipinski definition) is 3. The van der Waals surface area contributed by atoms with Gasteiger partial charge >= 0.3 is 12.1 Å². The van der Waals surface area contributed by atoms with Gasteiger partial charge < -0.3 is 26.0 Å². The summed E-state index contributed by atoms with van der Waals surface area (Å²) in [5.74, 6) is -5.39. The second-order valence-corrected chi connectivity index (χ2v) is 11.7. The van der Waals surface area contributed by atoms with Gasteiger partial charge in [0.25, 0.3) is 5.91 Å². The molecule has 15 heteroatoms. The van der Waals surface area contributed by atoms with E-state index in [4.69, 9.17) is 10.5 Å². The van der Waals surface area contributed by atoms with E-state index in [1.807, 2.05) is 0 Å². The number of esters is 1. The van der Waals surface area contributed by atoms with Crippen LogP contribution in [0.25, 0.3) is 0 Å². The van der Waals surface area contributed by atoms with Crippen molar-refractivity contribution in [2.75, 3.05) is 24.2 Å². The fraction of sp³-hybridized carbons (Fsp3) is 0.483. The predicted molar refractivity (Wildman–Crippen MR) is 153 cm³/mol. The molecule has 2 aromatic rings. The maximum Gasteiger partial charge on any atom is 0.418 e. The molecule has 1 saturated heterocycles. The van der Waals surface area contributed by atoms with Crippen LogP contribution in [0.3, 0.4) is 0 Å². The minimum absolute atomic E-state index is 0.0702. The Bertz CT molecular complexity index is 1360. The van der Waals surface area contributed by atoms with Gasteiger partial charge in [0, 0.05) is 43.1 Å². The van der Waals surface area contributed by atoms with Crippen LogP contribution in [0.4, 0.5) is 32.0 Å². The van der Waals surface area contributed by atoms with Crippen LogP contribution < -0.4 is 16.4 Å². The Balaban J connectivity index is 1.65. The lowest BCUT2D eigenvalue weighted by atomic mass is 10.0. The normalized spacial score (nSPS) is 16.5. The third-order valence-electron chi connectivity index (χ3n) is 6.82. The summed E-state index contributed by atoms with van der Waals surface area (Å²) in [7, 11) is 0. The van der Waals surface area contributed by atoms with Crippen LogP contribution in [0.1, 0.15) is 43.9 Å². The zero-order valence-corrected chi connectivity index (χ0v) is 25.1. The number of carbonyl (C=O) groups excluding carboxylic acids is 3. The summed E-state index contributed by atoms with van der Waals surface area (Å²) in [6.45, 7) is 4.92. The molecule has 1 fully saturated rings. The second kappa shape index (κ2) is 15.0. The van der Waals surface area contributed by atoms with Crippen LogP contribution in [0.15, 0.2) is 30.3 Å². The van der Waals surface area contributed by atoms with Gasteiger partial charge in [0.05, 0.1) is 12.2 Å². The molecular formula is C29H34F6N4O4S. The SMILES string of the molecule is CCOC(=O)C(Nc1ccc(CNC(=O)[C@@H]2SCCN2C(=O)C[C@H](N)Cc2cc(F)c(F)cc2F)cc1C(F)(F)F)C(C)C. The smallest absolute Gasteiger partial charge is 0.418 e. The molecule has 242 valence electrons. The molecule has 4 N–H and O–H groups in total. The summed E-state index contributed by atoms with van der Waals surface area (Å²) < 4.78 is 87.5. The molecule has 1 unspecified atom stereocenters. The van der Waals surface area contributed by atoms with Crippen molar-refractivity contribution < 1.29 is 45.5 Å². The Hall–Kier alpha value is -3.46. The Morgan fingerprint density at radius 3 is 2.41 bits per heavy atom. The quantitative estimate of drug-likeness (QED) is 0.175. The summed E-state index contributed by atoms with van der Waals surface area (Å²) in [6, 6.07) is 2.51. The molecule has 2 amide bonds. The van der Waals surface area contributed by atoms with Crippen molar-refractivity contribution in [3.63, 3.8) is 0 Å². The average Bonchev–Trinajstić information content (AvgIpc) is 3.43. The molecule has 1 aliphatic heterocycles. The zero-order valence-electron chi connectivity index (χ0n) is 24.3. The highest BCUT2D eigenvalue weighted by molar-refractivity contribution is 8.00. The molecule has 44 heavy (non-hydrogen) atoms. The lowest BCUT2D eigenvalue weighted by Crippen LogP contribution is -2.46. The number of alkyl halides is 3. The highest BCUT2D eigenvalue weighted by atomic mass is 32.2. The van der Waals surface area contributed by atoms with Crippen LogP contribution >= 0.6 is 11.8 Å². The van der Waals surface area contributed by atoms with Crippen molar-refractivity contribution in [3.05, 3.63) is 64.5 Å². The number of rotatable bonds is 12. The van der Waals surface area contributed by atoms with Crippen LogP contribution in [0, 0.1) is 23.4 Å². The number of nitrogens with one attached hydrogen (secondary N) is 2. The Morgan fingerprint density at radius 2 is 1.77 bits per heavy atom. The first-order valence-electron chi connectivity index (χ1n) is 13.8. The van der Waals surface area contributed by atoms with Gasteiger partial charge in [0.15, 0.2) is 17.0 Å². The van der Waals surface area contributed by atoms with Crippen molar-refractivity contribution in [2.24, 2.45) is 11.7 Å². The van der Waals surface area contributed by atoms with E-state index in [9.17, 15) is 40.7 Å². The fourth-order valence-electron chi connectivity index (χ4n) is 4.59. The van der Waals surface area contributed by atoms with Gasteiger partial charge in [-0.1, -0.05) is 19.9 Å². The van der Waals surface area contributed by atoms with E-state index < -0.39 is 64.4 Å². The standard InChI is InChI=1S/C29H34F6N4O4S/c1-4-43-28(42)25(15(2)3)38-23-6-5-16(9-19(23)29(33,34)35)14-37-26(41)27-39(7-8-44-27)24(40)12-18(36)10-17-11-21(31)22(32)13-20(17)30/h5-6,9,11,13,15,18,25,27,38H,4,7-8,10,12,14,36H2,1-3H3,(H,37,41)/t18-,25?,27+/m1/s1. The largest absolute Gasteiger partial charge is 0.464 e. The summed E-state index contributed by atoms with van der Waals surface area (Å²) in [6.07, 6.45) is -5.34. The Kier molecular flexibility index (Phi) is 12.0. The van der Waals surface area contributed by atoms with E-state index in [0.29, 0.717) is 17.9 Å². The average molecular weight is 649 g/mol. The third-order valence-corrected chi connectivity index (χ3v) is 8.02. The minimum Gasteiger partial charge on any atom is -0.464 e. The monoisotopic (exact) mass is 648 g/mol.